The van der Waals surface area contributed by atoms with Crippen LogP contribution in [0.1, 0.15) is 5.56 Å². The third kappa shape index (κ3) is 3.05. The third-order valence-corrected chi connectivity index (χ3v) is 2.69. The second-order valence-corrected chi connectivity index (χ2v) is 4.38. The van der Waals surface area contributed by atoms with E-state index in [-0.39, 0.29) is 17.3 Å². The van der Waals surface area contributed by atoms with Crippen molar-refractivity contribution >= 4 is 21.6 Å². The zero-order chi connectivity index (χ0) is 13.8. The number of pyridine rings is 1. The third-order valence-electron chi connectivity index (χ3n) is 2.20. The van der Waals surface area contributed by atoms with Gasteiger partial charge in [-0.3, -0.25) is 10.1 Å². The van der Waals surface area contributed by atoms with Crippen molar-refractivity contribution in [1.29, 1.82) is 5.26 Å². The van der Waals surface area contributed by atoms with Crippen LogP contribution in [0.5, 0.6) is 11.6 Å². The van der Waals surface area contributed by atoms with E-state index in [4.69, 9.17) is 10.00 Å². The highest BCUT2D eigenvalue weighted by atomic mass is 79.9. The minimum atomic E-state index is -0.538. The zero-order valence-corrected chi connectivity index (χ0v) is 11.0. The predicted octanol–water partition coefficient (Wildman–Crippen LogP) is 3.42. The fourth-order valence-electron chi connectivity index (χ4n) is 1.34. The number of rotatable bonds is 3. The van der Waals surface area contributed by atoms with E-state index in [2.05, 4.69) is 20.9 Å². The molecule has 0 spiro atoms. The Morgan fingerprint density at radius 2 is 2.16 bits per heavy atom. The van der Waals surface area contributed by atoms with Crippen molar-refractivity contribution in [2.75, 3.05) is 0 Å². The number of hydrogen-bond donors (Lipinski definition) is 0. The molecule has 1 aromatic heterocycles. The van der Waals surface area contributed by atoms with Gasteiger partial charge in [0.25, 0.3) is 0 Å². The molecule has 2 aromatic rings. The maximum Gasteiger partial charge on any atom is 0.312 e. The smallest absolute Gasteiger partial charge is 0.312 e. The summed E-state index contributed by atoms with van der Waals surface area (Å²) in [5.41, 5.74) is 0.221. The first kappa shape index (κ1) is 13.0. The van der Waals surface area contributed by atoms with Crippen LogP contribution in [0.3, 0.4) is 0 Å². The van der Waals surface area contributed by atoms with Gasteiger partial charge in [-0.2, -0.15) is 5.26 Å². The van der Waals surface area contributed by atoms with Gasteiger partial charge in [-0.15, -0.1) is 0 Å². The molecule has 0 saturated carbocycles. The molecule has 0 fully saturated rings. The number of hydrogen-bond acceptors (Lipinski definition) is 5. The summed E-state index contributed by atoms with van der Waals surface area (Å²) in [5, 5.41) is 19.5. The van der Waals surface area contributed by atoms with Gasteiger partial charge in [0.1, 0.15) is 6.07 Å². The minimum absolute atomic E-state index is 0.0883. The molecule has 1 aromatic carbocycles. The number of nitro benzene ring substituents is 1. The summed E-state index contributed by atoms with van der Waals surface area (Å²) in [5.74, 6) is 0.273. The Labute approximate surface area is 116 Å². The number of nitro groups is 1. The summed E-state index contributed by atoms with van der Waals surface area (Å²) >= 11 is 3.16. The molecule has 0 aliphatic rings. The molecule has 0 atom stereocenters. The summed E-state index contributed by atoms with van der Waals surface area (Å²) in [7, 11) is 0. The second kappa shape index (κ2) is 5.46. The van der Waals surface area contributed by atoms with E-state index in [1.807, 2.05) is 6.07 Å². The summed E-state index contributed by atoms with van der Waals surface area (Å²) in [4.78, 5) is 14.3. The molecular formula is C12H6BrN3O3. The molecule has 94 valence electrons. The lowest BCUT2D eigenvalue weighted by molar-refractivity contribution is -0.385. The predicted molar refractivity (Wildman–Crippen MR) is 69.8 cm³/mol. The van der Waals surface area contributed by atoms with Crippen LogP contribution in [0.2, 0.25) is 0 Å². The van der Waals surface area contributed by atoms with Crippen molar-refractivity contribution in [1.82, 2.24) is 4.98 Å². The average molecular weight is 320 g/mol. The van der Waals surface area contributed by atoms with E-state index in [9.17, 15) is 10.1 Å². The Balaban J connectivity index is 2.32. The van der Waals surface area contributed by atoms with E-state index in [1.54, 1.807) is 6.07 Å². The Kier molecular flexibility index (Phi) is 3.73. The van der Waals surface area contributed by atoms with Gasteiger partial charge in [-0.25, -0.2) is 4.98 Å². The molecule has 0 unspecified atom stereocenters. The second-order valence-electron chi connectivity index (χ2n) is 3.47. The van der Waals surface area contributed by atoms with Crippen molar-refractivity contribution in [3.05, 3.63) is 56.7 Å². The highest BCUT2D eigenvalue weighted by molar-refractivity contribution is 9.10. The van der Waals surface area contributed by atoms with Crippen molar-refractivity contribution in [3.8, 4) is 17.7 Å². The largest absolute Gasteiger partial charge is 0.432 e. The number of aromatic nitrogens is 1. The standard InChI is InChI=1S/C12H6BrN3O3/c13-9-2-3-11(10(5-9)16(17)18)19-12-4-1-8(6-14)7-15-12/h1-5,7H. The molecule has 1 heterocycles. The van der Waals surface area contributed by atoms with E-state index in [0.717, 1.165) is 0 Å². The molecule has 0 amide bonds. The van der Waals surface area contributed by atoms with Crippen molar-refractivity contribution in [2.45, 2.75) is 0 Å². The number of halogens is 1. The van der Waals surface area contributed by atoms with Crippen LogP contribution >= 0.6 is 15.9 Å². The van der Waals surface area contributed by atoms with Crippen molar-refractivity contribution in [2.24, 2.45) is 0 Å². The van der Waals surface area contributed by atoms with Gasteiger partial charge in [0.2, 0.25) is 11.6 Å². The molecule has 2 rings (SSSR count). The van der Waals surface area contributed by atoms with Gasteiger partial charge in [0.15, 0.2) is 0 Å². The first-order chi connectivity index (χ1) is 9.10. The maximum atomic E-state index is 10.9. The van der Waals surface area contributed by atoms with Gasteiger partial charge in [-0.1, -0.05) is 15.9 Å². The Hall–Kier alpha value is -2.46. The maximum absolute atomic E-state index is 10.9. The Bertz CT molecular complexity index is 665. The summed E-state index contributed by atoms with van der Waals surface area (Å²) < 4.78 is 5.92. The molecule has 0 saturated heterocycles. The van der Waals surface area contributed by atoms with Crippen LogP contribution in [0, 0.1) is 21.4 Å². The van der Waals surface area contributed by atoms with Crippen LogP contribution in [-0.4, -0.2) is 9.91 Å². The van der Waals surface area contributed by atoms with E-state index in [1.165, 1.54) is 30.5 Å². The molecule has 7 heteroatoms. The summed E-state index contributed by atoms with van der Waals surface area (Å²) in [6.45, 7) is 0. The number of benzene rings is 1. The molecule has 0 aliphatic carbocycles. The lowest BCUT2D eigenvalue weighted by Gasteiger charge is -2.05. The fraction of sp³-hybridized carbons (Fsp3) is 0. The molecule has 0 aliphatic heterocycles. The average Bonchev–Trinajstić information content (AvgIpc) is 2.41. The summed E-state index contributed by atoms with van der Waals surface area (Å²) in [6, 6.07) is 9.37. The van der Waals surface area contributed by atoms with Crippen LogP contribution in [0.15, 0.2) is 41.0 Å². The van der Waals surface area contributed by atoms with Crippen LogP contribution in [0.25, 0.3) is 0 Å². The van der Waals surface area contributed by atoms with E-state index >= 15 is 0 Å². The first-order valence-corrected chi connectivity index (χ1v) is 5.87. The molecule has 0 N–H and O–H groups in total. The molecule has 0 radical (unpaired) electrons. The molecular weight excluding hydrogens is 314 g/mol. The van der Waals surface area contributed by atoms with Crippen molar-refractivity contribution < 1.29 is 9.66 Å². The van der Waals surface area contributed by atoms with Gasteiger partial charge >= 0.3 is 5.69 Å². The van der Waals surface area contributed by atoms with Crippen LogP contribution < -0.4 is 4.74 Å². The Morgan fingerprint density at radius 3 is 2.74 bits per heavy atom. The highest BCUT2D eigenvalue weighted by Gasteiger charge is 2.16. The van der Waals surface area contributed by atoms with Gasteiger partial charge in [0.05, 0.1) is 10.5 Å². The number of ether oxygens (including phenoxy) is 1. The fourth-order valence-corrected chi connectivity index (χ4v) is 1.69. The molecule has 6 nitrogen and oxygen atoms in total. The normalized spacial score (nSPS) is 9.68. The van der Waals surface area contributed by atoms with Crippen LogP contribution in [-0.2, 0) is 0 Å². The Morgan fingerprint density at radius 1 is 1.37 bits per heavy atom. The monoisotopic (exact) mass is 319 g/mol. The lowest BCUT2D eigenvalue weighted by Crippen LogP contribution is -1.94. The topological polar surface area (TPSA) is 89.0 Å². The lowest BCUT2D eigenvalue weighted by atomic mass is 10.3. The highest BCUT2D eigenvalue weighted by Crippen LogP contribution is 2.32. The quantitative estimate of drug-likeness (QED) is 0.638. The van der Waals surface area contributed by atoms with E-state index in [0.29, 0.717) is 10.0 Å². The minimum Gasteiger partial charge on any atom is -0.432 e. The molecule has 19 heavy (non-hydrogen) atoms. The van der Waals surface area contributed by atoms with Gasteiger partial charge < -0.3 is 4.74 Å². The summed E-state index contributed by atoms with van der Waals surface area (Å²) in [6.07, 6.45) is 1.33. The number of nitrogens with zero attached hydrogens (tertiary/aromatic N) is 3. The van der Waals surface area contributed by atoms with E-state index < -0.39 is 4.92 Å². The first-order valence-electron chi connectivity index (χ1n) is 5.08. The zero-order valence-electron chi connectivity index (χ0n) is 9.41. The van der Waals surface area contributed by atoms with Crippen molar-refractivity contribution in [3.63, 3.8) is 0 Å². The van der Waals surface area contributed by atoms with Gasteiger partial charge in [0, 0.05) is 22.8 Å². The van der Waals surface area contributed by atoms with Gasteiger partial charge in [-0.05, 0) is 18.2 Å². The van der Waals surface area contributed by atoms with Crippen LogP contribution in [0.4, 0.5) is 5.69 Å². The number of nitriles is 1. The molecule has 0 bridgehead atoms. The SMILES string of the molecule is N#Cc1ccc(Oc2ccc(Br)cc2[N+](=O)[O-])nc1.